The smallest absolute Gasteiger partial charge is 0.299 e. The van der Waals surface area contributed by atoms with Gasteiger partial charge in [0.05, 0.1) is 0 Å². The minimum atomic E-state index is -0.185. The molecule has 1 aromatic rings. The molecule has 2 amide bonds. The summed E-state index contributed by atoms with van der Waals surface area (Å²) >= 11 is 1.55. The summed E-state index contributed by atoms with van der Waals surface area (Å²) in [5, 5.41) is 7.28. The van der Waals surface area contributed by atoms with Crippen molar-refractivity contribution >= 4 is 35.3 Å². The highest BCUT2D eigenvalue weighted by Gasteiger charge is 2.52. The summed E-state index contributed by atoms with van der Waals surface area (Å²) in [4.78, 5) is 20.9. The number of hydrogen-bond acceptors (Lipinski definition) is 5. The van der Waals surface area contributed by atoms with Gasteiger partial charge in [0.1, 0.15) is 0 Å². The number of likely N-dealkylation sites (N-methyl/N-ethyl adjacent to an activating group) is 2. The van der Waals surface area contributed by atoms with Crippen LogP contribution >= 0.6 is 11.8 Å². The highest BCUT2D eigenvalue weighted by molar-refractivity contribution is 8.13. The molecule has 0 radical (unpaired) electrons. The van der Waals surface area contributed by atoms with Crippen molar-refractivity contribution < 1.29 is 4.79 Å². The normalized spacial score (nSPS) is 23.2. The molecule has 132 valence electrons. The van der Waals surface area contributed by atoms with Crippen LogP contribution in [-0.4, -0.2) is 63.9 Å². The fraction of sp³-hybridized carbons (Fsp3) is 0.389. The quantitative estimate of drug-likeness (QED) is 0.761. The first-order valence-corrected chi connectivity index (χ1v) is 9.67. The molecule has 1 fully saturated rings. The number of fused-ring (bicyclic) bond motifs is 1. The summed E-state index contributed by atoms with van der Waals surface area (Å²) in [6.45, 7) is 5.26. The zero-order chi connectivity index (χ0) is 17.8. The van der Waals surface area contributed by atoms with Crippen LogP contribution in [0.2, 0.25) is 0 Å². The molecule has 7 heteroatoms. The minimum Gasteiger partial charge on any atom is -0.299 e. The van der Waals surface area contributed by atoms with Gasteiger partial charge < -0.3 is 0 Å². The van der Waals surface area contributed by atoms with Crippen LogP contribution in [0.4, 0.5) is 4.79 Å². The molecular formula is C18H23N5OS. The maximum Gasteiger partial charge on any atom is 0.323 e. The number of allylic oxidation sites excluding steroid dienone is 1. The fourth-order valence-corrected chi connectivity index (χ4v) is 3.69. The number of benzene rings is 1. The second-order valence-corrected chi connectivity index (χ2v) is 6.45. The van der Waals surface area contributed by atoms with Gasteiger partial charge in [-0.1, -0.05) is 48.2 Å². The molecule has 2 unspecified atom stereocenters. The van der Waals surface area contributed by atoms with Crippen molar-refractivity contribution in [2.45, 2.75) is 26.2 Å². The Kier molecular flexibility index (Phi) is 5.43. The van der Waals surface area contributed by atoms with Crippen molar-refractivity contribution in [2.24, 2.45) is 10.1 Å². The molecule has 3 rings (SSSR count). The van der Waals surface area contributed by atoms with Gasteiger partial charge in [-0.3, -0.25) is 9.80 Å². The molecule has 25 heavy (non-hydrogen) atoms. The predicted molar refractivity (Wildman–Crippen MR) is 104 cm³/mol. The summed E-state index contributed by atoms with van der Waals surface area (Å²) < 4.78 is 0. The van der Waals surface area contributed by atoms with E-state index in [0.29, 0.717) is 13.1 Å². The number of aliphatic imine (C=N–C) groups is 1. The largest absolute Gasteiger partial charge is 0.323 e. The molecule has 0 N–H and O–H groups in total. The van der Waals surface area contributed by atoms with Crippen LogP contribution in [0.5, 0.6) is 0 Å². The van der Waals surface area contributed by atoms with Crippen LogP contribution in [0.1, 0.15) is 19.4 Å². The van der Waals surface area contributed by atoms with E-state index in [0.717, 1.165) is 10.7 Å². The zero-order valence-electron chi connectivity index (χ0n) is 14.7. The summed E-state index contributed by atoms with van der Waals surface area (Å²) in [7, 11) is 0. The molecule has 0 saturated carbocycles. The molecular weight excluding hydrogens is 334 g/mol. The molecule has 2 aliphatic rings. The number of nitrogens with zero attached hydrogens (tertiary/aromatic N) is 5. The second-order valence-electron chi connectivity index (χ2n) is 5.68. The summed E-state index contributed by atoms with van der Waals surface area (Å²) in [5.74, 6) is 0. The zero-order valence-corrected chi connectivity index (χ0v) is 15.6. The highest BCUT2D eigenvalue weighted by atomic mass is 32.2. The maximum atomic E-state index is 12.5. The number of hydrogen-bond donors (Lipinski definition) is 0. The molecule has 0 aromatic heterocycles. The Hall–Kier alpha value is -2.28. The van der Waals surface area contributed by atoms with Crippen molar-refractivity contribution in [3.05, 3.63) is 42.0 Å². The number of carbonyl (C=O) groups excluding carboxylic acids is 1. The van der Waals surface area contributed by atoms with Gasteiger partial charge in [-0.15, -0.1) is 0 Å². The van der Waals surface area contributed by atoms with Gasteiger partial charge in [-0.25, -0.2) is 14.8 Å². The van der Waals surface area contributed by atoms with Crippen molar-refractivity contribution in [1.29, 1.82) is 0 Å². The van der Waals surface area contributed by atoms with Crippen molar-refractivity contribution in [3.8, 4) is 0 Å². The van der Waals surface area contributed by atoms with E-state index in [1.54, 1.807) is 22.9 Å². The summed E-state index contributed by atoms with van der Waals surface area (Å²) in [6.07, 6.45) is 7.30. The van der Waals surface area contributed by atoms with Gasteiger partial charge in [0, 0.05) is 19.3 Å². The Morgan fingerprint density at radius 2 is 1.92 bits per heavy atom. The molecule has 1 aromatic carbocycles. The van der Waals surface area contributed by atoms with Gasteiger partial charge in [0.25, 0.3) is 0 Å². The molecule has 1 saturated heterocycles. The van der Waals surface area contributed by atoms with Crippen LogP contribution in [0.15, 0.2) is 46.5 Å². The van der Waals surface area contributed by atoms with Crippen LogP contribution in [0, 0.1) is 0 Å². The van der Waals surface area contributed by atoms with E-state index in [9.17, 15) is 4.79 Å². The van der Waals surface area contributed by atoms with Crippen LogP contribution in [0.25, 0.3) is 6.08 Å². The van der Waals surface area contributed by atoms with E-state index in [1.165, 1.54) is 0 Å². The lowest BCUT2D eigenvalue weighted by atomic mass is 10.2. The van der Waals surface area contributed by atoms with Gasteiger partial charge in [-0.05, 0) is 31.7 Å². The van der Waals surface area contributed by atoms with E-state index in [4.69, 9.17) is 4.99 Å². The number of amides is 2. The van der Waals surface area contributed by atoms with Crippen molar-refractivity contribution in [1.82, 2.24) is 14.8 Å². The number of thioether (sulfide) groups is 1. The summed E-state index contributed by atoms with van der Waals surface area (Å²) in [5.41, 5.74) is 1.12. The molecule has 0 bridgehead atoms. The van der Waals surface area contributed by atoms with Gasteiger partial charge in [0.15, 0.2) is 17.5 Å². The van der Waals surface area contributed by atoms with E-state index < -0.39 is 0 Å². The topological polar surface area (TPSA) is 51.5 Å². The monoisotopic (exact) mass is 357 g/mol. The maximum absolute atomic E-state index is 12.5. The van der Waals surface area contributed by atoms with Crippen LogP contribution in [0.3, 0.4) is 0 Å². The molecule has 0 spiro atoms. The Balaban J connectivity index is 1.80. The standard InChI is InChI=1S/C18H23N5OS/c1-4-21-15-16(22(5-2)18(21)24)23(17(20-15)25-3)19-13-9-12-14-10-7-6-8-11-14/h6-13,15-16H,4-5H2,1-3H3/b12-9+,19-13+. The number of urea groups is 1. The van der Waals surface area contributed by atoms with E-state index in [2.05, 4.69) is 5.10 Å². The predicted octanol–water partition coefficient (Wildman–Crippen LogP) is 3.15. The van der Waals surface area contributed by atoms with Crippen molar-refractivity contribution in [2.75, 3.05) is 19.3 Å². The summed E-state index contributed by atoms with van der Waals surface area (Å²) in [6, 6.07) is 10.1. The van der Waals surface area contributed by atoms with E-state index in [1.807, 2.05) is 72.5 Å². The first-order valence-electron chi connectivity index (χ1n) is 8.45. The first-order chi connectivity index (χ1) is 12.2. The minimum absolute atomic E-state index is 0.0314. The third kappa shape index (κ3) is 3.28. The molecule has 0 aliphatic carbocycles. The number of rotatable bonds is 5. The molecule has 2 heterocycles. The van der Waals surface area contributed by atoms with E-state index >= 15 is 0 Å². The van der Waals surface area contributed by atoms with E-state index in [-0.39, 0.29) is 18.4 Å². The first kappa shape index (κ1) is 17.5. The lowest BCUT2D eigenvalue weighted by Gasteiger charge is -2.27. The second kappa shape index (κ2) is 7.74. The number of hydrazone groups is 1. The van der Waals surface area contributed by atoms with Gasteiger partial charge >= 0.3 is 6.03 Å². The average Bonchev–Trinajstić information content (AvgIpc) is 3.12. The van der Waals surface area contributed by atoms with Crippen LogP contribution in [-0.2, 0) is 0 Å². The number of amidine groups is 1. The third-order valence-corrected chi connectivity index (χ3v) is 4.97. The van der Waals surface area contributed by atoms with Crippen LogP contribution < -0.4 is 0 Å². The average molecular weight is 357 g/mol. The lowest BCUT2D eigenvalue weighted by molar-refractivity contribution is 0.155. The van der Waals surface area contributed by atoms with Gasteiger partial charge in [-0.2, -0.15) is 5.10 Å². The Bertz CT molecular complexity index is 703. The molecule has 6 nitrogen and oxygen atoms in total. The SMILES string of the molecule is CCN1C(=O)N(CC)C2C1N=C(SC)N2/N=C/C=C/c1ccccc1. The molecule has 2 atom stereocenters. The number of carbonyl (C=O) groups is 1. The Labute approximate surface area is 152 Å². The fourth-order valence-electron chi connectivity index (χ4n) is 3.13. The Morgan fingerprint density at radius 1 is 1.20 bits per heavy atom. The molecule has 2 aliphatic heterocycles. The highest BCUT2D eigenvalue weighted by Crippen LogP contribution is 2.33. The van der Waals surface area contributed by atoms with Gasteiger partial charge in [0.2, 0.25) is 0 Å². The van der Waals surface area contributed by atoms with Crippen molar-refractivity contribution in [3.63, 3.8) is 0 Å². The third-order valence-electron chi connectivity index (χ3n) is 4.32. The lowest BCUT2D eigenvalue weighted by Crippen LogP contribution is -2.45. The Morgan fingerprint density at radius 3 is 2.56 bits per heavy atom.